The van der Waals surface area contributed by atoms with Crippen molar-refractivity contribution in [3.63, 3.8) is 0 Å². The maximum Gasteiger partial charge on any atom is 0.308 e. The smallest absolute Gasteiger partial charge is 0.308 e. The molecular formula is C15H27NO4. The zero-order valence-corrected chi connectivity index (χ0v) is 12.8. The molecule has 5 heteroatoms. The summed E-state index contributed by atoms with van der Waals surface area (Å²) in [7, 11) is 0. The number of carboxylic acid groups (broad SMARTS) is 1. The number of ether oxygens (including phenoxy) is 1. The van der Waals surface area contributed by atoms with E-state index in [2.05, 4.69) is 0 Å². The van der Waals surface area contributed by atoms with E-state index in [9.17, 15) is 9.59 Å². The van der Waals surface area contributed by atoms with E-state index in [0.29, 0.717) is 25.7 Å². The summed E-state index contributed by atoms with van der Waals surface area (Å²) in [5.74, 6) is -0.777. The first-order valence-electron chi connectivity index (χ1n) is 7.56. The Labute approximate surface area is 121 Å². The Balaban J connectivity index is 2.52. The fourth-order valence-electron chi connectivity index (χ4n) is 2.29. The average Bonchev–Trinajstić information content (AvgIpc) is 3.24. The number of nitrogens with zero attached hydrogens (tertiary/aromatic N) is 1. The molecule has 0 bridgehead atoms. The van der Waals surface area contributed by atoms with Crippen molar-refractivity contribution in [3.05, 3.63) is 0 Å². The molecule has 0 heterocycles. The Kier molecular flexibility index (Phi) is 6.99. The highest BCUT2D eigenvalue weighted by atomic mass is 16.5. The number of carboxylic acids is 1. The van der Waals surface area contributed by atoms with Crippen LogP contribution in [0.15, 0.2) is 0 Å². The van der Waals surface area contributed by atoms with Crippen LogP contribution in [0.1, 0.15) is 40.0 Å². The molecule has 0 saturated heterocycles. The number of rotatable bonds is 10. The van der Waals surface area contributed by atoms with Gasteiger partial charge in [0.05, 0.1) is 5.92 Å². The Bertz CT molecular complexity index is 328. The van der Waals surface area contributed by atoms with Crippen LogP contribution < -0.4 is 0 Å². The summed E-state index contributed by atoms with van der Waals surface area (Å²) >= 11 is 0. The lowest BCUT2D eigenvalue weighted by Crippen LogP contribution is -2.41. The van der Waals surface area contributed by atoms with E-state index >= 15 is 0 Å². The molecule has 2 atom stereocenters. The van der Waals surface area contributed by atoms with E-state index in [1.807, 2.05) is 13.8 Å². The molecule has 1 saturated carbocycles. The number of hydrogen-bond acceptors (Lipinski definition) is 3. The van der Waals surface area contributed by atoms with Crippen molar-refractivity contribution in [1.29, 1.82) is 0 Å². The fraction of sp³-hybridized carbons (Fsp3) is 0.867. The predicted molar refractivity (Wildman–Crippen MR) is 76.4 cm³/mol. The highest BCUT2D eigenvalue weighted by Crippen LogP contribution is 2.37. The molecule has 5 nitrogen and oxygen atoms in total. The van der Waals surface area contributed by atoms with Gasteiger partial charge in [0.15, 0.2) is 0 Å². The summed E-state index contributed by atoms with van der Waals surface area (Å²) in [5, 5.41) is 9.02. The number of hydrogen-bond donors (Lipinski definition) is 1. The molecule has 1 rings (SSSR count). The minimum atomic E-state index is -0.855. The number of carbonyl (C=O) groups is 2. The van der Waals surface area contributed by atoms with Gasteiger partial charge in [0.2, 0.25) is 5.91 Å². The molecule has 0 spiro atoms. The van der Waals surface area contributed by atoms with E-state index in [0.717, 1.165) is 19.3 Å². The Morgan fingerprint density at radius 1 is 1.35 bits per heavy atom. The number of carbonyl (C=O) groups excluding carboxylic acids is 1. The molecule has 0 aromatic heterocycles. The molecule has 1 aliphatic carbocycles. The average molecular weight is 285 g/mol. The highest BCUT2D eigenvalue weighted by Gasteiger charge is 2.35. The van der Waals surface area contributed by atoms with Gasteiger partial charge in [-0.2, -0.15) is 0 Å². The molecule has 0 radical (unpaired) electrons. The monoisotopic (exact) mass is 285 g/mol. The molecule has 1 N–H and O–H groups in total. The van der Waals surface area contributed by atoms with Gasteiger partial charge in [-0.1, -0.05) is 13.8 Å². The van der Waals surface area contributed by atoms with Crippen LogP contribution in [-0.2, 0) is 14.3 Å². The van der Waals surface area contributed by atoms with Crippen molar-refractivity contribution in [2.45, 2.75) is 40.0 Å². The lowest BCUT2D eigenvalue weighted by atomic mass is 10.0. The van der Waals surface area contributed by atoms with Crippen LogP contribution in [-0.4, -0.2) is 48.2 Å². The quantitative estimate of drug-likeness (QED) is 0.623. The predicted octanol–water partition coefficient (Wildman–Crippen LogP) is 2.01. The van der Waals surface area contributed by atoms with E-state index in [1.165, 1.54) is 0 Å². The summed E-state index contributed by atoms with van der Waals surface area (Å²) in [6, 6.07) is 0. The lowest BCUT2D eigenvalue weighted by Gasteiger charge is -2.27. The molecule has 0 aromatic carbocycles. The Morgan fingerprint density at radius 3 is 2.50 bits per heavy atom. The van der Waals surface area contributed by atoms with Crippen LogP contribution in [0.4, 0.5) is 0 Å². The van der Waals surface area contributed by atoms with Gasteiger partial charge in [-0.05, 0) is 32.1 Å². The third kappa shape index (κ3) is 5.49. The van der Waals surface area contributed by atoms with Crippen LogP contribution in [0.2, 0.25) is 0 Å². The third-order valence-corrected chi connectivity index (χ3v) is 3.87. The molecule has 0 aliphatic heterocycles. The maximum absolute atomic E-state index is 12.4. The van der Waals surface area contributed by atoms with Gasteiger partial charge in [0.1, 0.15) is 0 Å². The van der Waals surface area contributed by atoms with Gasteiger partial charge in [-0.15, -0.1) is 0 Å². The molecule has 1 fully saturated rings. The summed E-state index contributed by atoms with van der Waals surface area (Å²) in [4.78, 5) is 25.1. The molecular weight excluding hydrogens is 258 g/mol. The van der Waals surface area contributed by atoms with E-state index in [-0.39, 0.29) is 18.4 Å². The summed E-state index contributed by atoms with van der Waals surface area (Å²) in [6.07, 6.45) is 2.99. The van der Waals surface area contributed by atoms with Gasteiger partial charge >= 0.3 is 5.97 Å². The first kappa shape index (κ1) is 17.0. The molecule has 0 aromatic rings. The zero-order chi connectivity index (χ0) is 15.1. The van der Waals surface area contributed by atoms with Crippen LogP contribution in [0, 0.1) is 17.8 Å². The first-order chi connectivity index (χ1) is 9.47. The largest absolute Gasteiger partial charge is 0.481 e. The van der Waals surface area contributed by atoms with Crippen molar-refractivity contribution in [3.8, 4) is 0 Å². The number of aliphatic carboxylic acids is 1. The van der Waals surface area contributed by atoms with E-state index < -0.39 is 11.9 Å². The van der Waals surface area contributed by atoms with E-state index in [4.69, 9.17) is 9.84 Å². The molecule has 116 valence electrons. The highest BCUT2D eigenvalue weighted by molar-refractivity contribution is 5.80. The second kappa shape index (κ2) is 8.25. The zero-order valence-electron chi connectivity index (χ0n) is 12.8. The van der Waals surface area contributed by atoms with Crippen LogP contribution >= 0.6 is 0 Å². The van der Waals surface area contributed by atoms with Crippen molar-refractivity contribution in [2.75, 3.05) is 26.3 Å². The van der Waals surface area contributed by atoms with Crippen molar-refractivity contribution in [2.24, 2.45) is 17.8 Å². The number of amides is 1. The van der Waals surface area contributed by atoms with Crippen molar-refractivity contribution >= 4 is 11.9 Å². The van der Waals surface area contributed by atoms with Gasteiger partial charge in [-0.3, -0.25) is 9.59 Å². The maximum atomic E-state index is 12.4. The van der Waals surface area contributed by atoms with Crippen LogP contribution in [0.25, 0.3) is 0 Å². The summed E-state index contributed by atoms with van der Waals surface area (Å²) in [6.45, 7) is 7.68. The van der Waals surface area contributed by atoms with E-state index in [1.54, 1.807) is 11.8 Å². The molecule has 1 aliphatic rings. The molecule has 1 amide bonds. The second-order valence-corrected chi connectivity index (χ2v) is 5.70. The topological polar surface area (TPSA) is 66.8 Å². The van der Waals surface area contributed by atoms with Gasteiger partial charge in [-0.25, -0.2) is 0 Å². The van der Waals surface area contributed by atoms with Gasteiger partial charge < -0.3 is 14.7 Å². The van der Waals surface area contributed by atoms with Crippen LogP contribution in [0.3, 0.4) is 0 Å². The normalized spacial score (nSPS) is 17.6. The van der Waals surface area contributed by atoms with Crippen molar-refractivity contribution in [1.82, 2.24) is 4.90 Å². The SMILES string of the molecule is CCOCCCN(CC(C)C(=O)O)C(=O)C(C)C1CC1. The summed E-state index contributed by atoms with van der Waals surface area (Å²) < 4.78 is 5.28. The standard InChI is InChI=1S/C15H27NO4/c1-4-20-9-5-8-16(10-11(2)15(18)19)14(17)12(3)13-6-7-13/h11-13H,4-10H2,1-3H3,(H,18,19). The Hall–Kier alpha value is -1.10. The first-order valence-corrected chi connectivity index (χ1v) is 7.56. The fourth-order valence-corrected chi connectivity index (χ4v) is 2.29. The van der Waals surface area contributed by atoms with Gasteiger partial charge in [0, 0.05) is 32.2 Å². The van der Waals surface area contributed by atoms with Crippen molar-refractivity contribution < 1.29 is 19.4 Å². The van der Waals surface area contributed by atoms with Crippen LogP contribution in [0.5, 0.6) is 0 Å². The lowest BCUT2D eigenvalue weighted by molar-refractivity contribution is -0.144. The van der Waals surface area contributed by atoms with Gasteiger partial charge in [0.25, 0.3) is 0 Å². The third-order valence-electron chi connectivity index (χ3n) is 3.87. The summed E-state index contributed by atoms with van der Waals surface area (Å²) in [5.41, 5.74) is 0. The molecule has 20 heavy (non-hydrogen) atoms. The minimum absolute atomic E-state index is 0.0167. The molecule has 2 unspecified atom stereocenters. The Morgan fingerprint density at radius 2 is 2.00 bits per heavy atom. The second-order valence-electron chi connectivity index (χ2n) is 5.70. The minimum Gasteiger partial charge on any atom is -0.481 e.